The maximum absolute atomic E-state index is 13.9. The third-order valence-corrected chi connectivity index (χ3v) is 7.01. The topological polar surface area (TPSA) is 145 Å². The van der Waals surface area contributed by atoms with Gasteiger partial charge >= 0.3 is 0 Å². The fourth-order valence-corrected chi connectivity index (χ4v) is 5.13. The van der Waals surface area contributed by atoms with Gasteiger partial charge in [0.15, 0.2) is 11.7 Å². The number of benzene rings is 1. The molecule has 3 aromatic rings. The molecule has 35 heavy (non-hydrogen) atoms. The number of nitrogens with one attached hydrogen (secondary N) is 1. The van der Waals surface area contributed by atoms with E-state index in [0.29, 0.717) is 11.5 Å². The molecule has 0 spiro atoms. The van der Waals surface area contributed by atoms with Crippen LogP contribution in [0.5, 0.6) is 0 Å². The van der Waals surface area contributed by atoms with E-state index < -0.39 is 17.9 Å². The quantitative estimate of drug-likeness (QED) is 0.436. The molecule has 1 fully saturated rings. The highest BCUT2D eigenvalue weighted by atomic mass is 32.1. The number of aryl methyl sites for hydroxylation is 1. The third kappa shape index (κ3) is 5.54. The van der Waals surface area contributed by atoms with Gasteiger partial charge in [0, 0.05) is 12.6 Å². The number of amides is 3. The lowest BCUT2D eigenvalue weighted by atomic mass is 9.95. The smallest absolute Gasteiger partial charge is 0.270 e. The van der Waals surface area contributed by atoms with Gasteiger partial charge in [-0.25, -0.2) is 0 Å². The third-order valence-electron chi connectivity index (χ3n) is 6.15. The minimum Gasteiger partial charge on any atom is -0.464 e. The fraction of sp³-hybridized carbons (Fsp3) is 0.360. The Morgan fingerprint density at radius 2 is 1.86 bits per heavy atom. The summed E-state index contributed by atoms with van der Waals surface area (Å²) >= 11 is 0.787. The number of nitrogens with zero attached hydrogens (tertiary/aromatic N) is 2. The Balaban J connectivity index is 1.75. The molecule has 10 heteroatoms. The standard InChI is InChI=1S/C25H29N5O4S/c1-15-12-13-18(34-15)21(24(32)28-17-10-6-3-7-11-17)30(14-16-8-4-2-5-9-16)25(33)22-19(26)20(23(27)31)29-35-22/h2,4-5,8-9,12-13,17,21H,3,6-7,10-11,14,26H2,1H3,(H2,27,31)(H,28,32)/t21-/m0/s1. The fourth-order valence-electron chi connectivity index (χ4n) is 4.37. The number of hydrogen-bond acceptors (Lipinski definition) is 7. The van der Waals surface area contributed by atoms with Crippen molar-refractivity contribution in [3.63, 3.8) is 0 Å². The summed E-state index contributed by atoms with van der Waals surface area (Å²) in [6.45, 7) is 1.90. The Morgan fingerprint density at radius 1 is 1.14 bits per heavy atom. The first-order valence-corrected chi connectivity index (χ1v) is 12.4. The van der Waals surface area contributed by atoms with Gasteiger partial charge in [0.1, 0.15) is 16.4 Å². The van der Waals surface area contributed by atoms with Gasteiger partial charge in [0.25, 0.3) is 17.7 Å². The predicted octanol–water partition coefficient (Wildman–Crippen LogP) is 3.56. The highest BCUT2D eigenvalue weighted by molar-refractivity contribution is 7.09. The number of primary amides is 1. The summed E-state index contributed by atoms with van der Waals surface area (Å²) in [4.78, 5) is 40.7. The van der Waals surface area contributed by atoms with E-state index in [2.05, 4.69) is 9.69 Å². The summed E-state index contributed by atoms with van der Waals surface area (Å²) in [7, 11) is 0. The Morgan fingerprint density at radius 3 is 2.46 bits per heavy atom. The van der Waals surface area contributed by atoms with E-state index in [4.69, 9.17) is 15.9 Å². The van der Waals surface area contributed by atoms with Crippen LogP contribution in [-0.2, 0) is 11.3 Å². The summed E-state index contributed by atoms with van der Waals surface area (Å²) in [5.41, 5.74) is 12.0. The minimum absolute atomic E-state index is 0.0402. The minimum atomic E-state index is -1.04. The van der Waals surface area contributed by atoms with E-state index in [1.54, 1.807) is 19.1 Å². The second-order valence-corrected chi connectivity index (χ2v) is 9.52. The molecule has 5 N–H and O–H groups in total. The van der Waals surface area contributed by atoms with Gasteiger partial charge in [-0.1, -0.05) is 49.6 Å². The number of rotatable bonds is 8. The monoisotopic (exact) mass is 495 g/mol. The van der Waals surface area contributed by atoms with Gasteiger partial charge in [0.05, 0.1) is 5.69 Å². The van der Waals surface area contributed by atoms with E-state index in [0.717, 1.165) is 49.2 Å². The summed E-state index contributed by atoms with van der Waals surface area (Å²) in [5.74, 6) is -0.710. The highest BCUT2D eigenvalue weighted by Crippen LogP contribution is 2.31. The summed E-state index contributed by atoms with van der Waals surface area (Å²) < 4.78 is 9.83. The molecule has 4 rings (SSSR count). The van der Waals surface area contributed by atoms with E-state index in [9.17, 15) is 14.4 Å². The average Bonchev–Trinajstić information content (AvgIpc) is 3.45. The van der Waals surface area contributed by atoms with Crippen molar-refractivity contribution in [3.05, 3.63) is 70.1 Å². The van der Waals surface area contributed by atoms with Crippen LogP contribution in [0.3, 0.4) is 0 Å². The van der Waals surface area contributed by atoms with Gasteiger partial charge in [-0.15, -0.1) is 0 Å². The molecule has 2 heterocycles. The van der Waals surface area contributed by atoms with Crippen molar-refractivity contribution in [2.75, 3.05) is 5.73 Å². The Kier molecular flexibility index (Phi) is 7.50. The number of carbonyl (C=O) groups is 3. The molecular formula is C25H29N5O4S. The van der Waals surface area contributed by atoms with Crippen molar-refractivity contribution < 1.29 is 18.8 Å². The van der Waals surface area contributed by atoms with Crippen molar-refractivity contribution in [1.82, 2.24) is 14.6 Å². The molecule has 9 nitrogen and oxygen atoms in total. The maximum atomic E-state index is 13.9. The molecule has 0 unspecified atom stereocenters. The van der Waals surface area contributed by atoms with Crippen molar-refractivity contribution in [3.8, 4) is 0 Å². The molecule has 0 saturated heterocycles. The zero-order valence-corrected chi connectivity index (χ0v) is 20.3. The molecule has 0 bridgehead atoms. The van der Waals surface area contributed by atoms with Gasteiger partial charge in [0.2, 0.25) is 0 Å². The van der Waals surface area contributed by atoms with Crippen LogP contribution in [0.4, 0.5) is 5.69 Å². The lowest BCUT2D eigenvalue weighted by Crippen LogP contribution is -2.46. The average molecular weight is 496 g/mol. The molecule has 1 saturated carbocycles. The second-order valence-electron chi connectivity index (χ2n) is 8.75. The number of furan rings is 1. The van der Waals surface area contributed by atoms with E-state index in [-0.39, 0.29) is 34.8 Å². The first-order valence-electron chi connectivity index (χ1n) is 11.6. The van der Waals surface area contributed by atoms with Crippen molar-refractivity contribution in [2.45, 2.75) is 57.7 Å². The van der Waals surface area contributed by atoms with Crippen LogP contribution in [0.15, 0.2) is 46.9 Å². The second kappa shape index (κ2) is 10.7. The Hall–Kier alpha value is -3.66. The molecule has 1 aliphatic carbocycles. The molecule has 0 aliphatic heterocycles. The SMILES string of the molecule is Cc1ccc([C@@H](C(=O)NC2CCCCC2)N(Cc2ccccc2)C(=O)c2snc(C(N)=O)c2N)o1. The van der Waals surface area contributed by atoms with Crippen LogP contribution in [0.1, 0.15) is 75.4 Å². The molecule has 1 aliphatic rings. The number of anilines is 1. The molecule has 0 radical (unpaired) electrons. The van der Waals surface area contributed by atoms with Crippen LogP contribution >= 0.6 is 11.5 Å². The molecule has 2 aromatic heterocycles. The van der Waals surface area contributed by atoms with Gasteiger partial charge in [-0.3, -0.25) is 14.4 Å². The molecule has 184 valence electrons. The van der Waals surface area contributed by atoms with Crippen LogP contribution in [-0.4, -0.2) is 33.0 Å². The zero-order valence-electron chi connectivity index (χ0n) is 19.5. The molecule has 1 aromatic carbocycles. The summed E-state index contributed by atoms with van der Waals surface area (Å²) in [5, 5.41) is 3.13. The number of nitrogens with two attached hydrogens (primary N) is 2. The Labute approximate surface area is 207 Å². The van der Waals surface area contributed by atoms with E-state index in [1.807, 2.05) is 30.3 Å². The van der Waals surface area contributed by atoms with Gasteiger partial charge < -0.3 is 26.1 Å². The van der Waals surface area contributed by atoms with Crippen LogP contribution < -0.4 is 16.8 Å². The van der Waals surface area contributed by atoms with Crippen LogP contribution in [0.2, 0.25) is 0 Å². The Bertz CT molecular complexity index is 1200. The van der Waals surface area contributed by atoms with Crippen LogP contribution in [0, 0.1) is 6.92 Å². The lowest BCUT2D eigenvalue weighted by molar-refractivity contribution is -0.127. The first-order chi connectivity index (χ1) is 16.8. The van der Waals surface area contributed by atoms with Crippen LogP contribution in [0.25, 0.3) is 0 Å². The highest BCUT2D eigenvalue weighted by Gasteiger charge is 2.37. The van der Waals surface area contributed by atoms with Crippen molar-refractivity contribution in [2.24, 2.45) is 5.73 Å². The van der Waals surface area contributed by atoms with Gasteiger partial charge in [-0.05, 0) is 49.0 Å². The number of aromatic nitrogens is 1. The first kappa shape index (κ1) is 24.5. The largest absolute Gasteiger partial charge is 0.464 e. The molecule has 1 atom stereocenters. The summed E-state index contributed by atoms with van der Waals surface area (Å²) in [6, 6.07) is 11.8. The molecular weight excluding hydrogens is 466 g/mol. The zero-order chi connectivity index (χ0) is 24.9. The lowest BCUT2D eigenvalue weighted by Gasteiger charge is -2.32. The maximum Gasteiger partial charge on any atom is 0.270 e. The van der Waals surface area contributed by atoms with Gasteiger partial charge in [-0.2, -0.15) is 4.37 Å². The van der Waals surface area contributed by atoms with E-state index >= 15 is 0 Å². The normalized spacial score (nSPS) is 14.9. The predicted molar refractivity (Wildman–Crippen MR) is 133 cm³/mol. The summed E-state index contributed by atoms with van der Waals surface area (Å²) in [6.07, 6.45) is 5.04. The number of hydrogen-bond donors (Lipinski definition) is 3. The number of nitrogen functional groups attached to an aromatic ring is 1. The van der Waals surface area contributed by atoms with Crippen molar-refractivity contribution in [1.29, 1.82) is 0 Å². The number of carbonyl (C=O) groups excluding carboxylic acids is 3. The van der Waals surface area contributed by atoms with E-state index in [1.165, 1.54) is 4.90 Å². The van der Waals surface area contributed by atoms with Crippen molar-refractivity contribution >= 4 is 34.9 Å². The molecule has 3 amide bonds.